The highest BCUT2D eigenvalue weighted by Crippen LogP contribution is 2.30. The van der Waals surface area contributed by atoms with E-state index in [-0.39, 0.29) is 12.3 Å². The molecule has 0 aromatic heterocycles. The molecule has 1 aliphatic heterocycles. The first-order valence-corrected chi connectivity index (χ1v) is 6.31. The first-order chi connectivity index (χ1) is 8.20. The van der Waals surface area contributed by atoms with E-state index < -0.39 is 0 Å². The van der Waals surface area contributed by atoms with Gasteiger partial charge in [-0.2, -0.15) is 0 Å². The molecular formula is C12H15Cl2NO2. The molecule has 0 saturated carbocycles. The second-order valence-corrected chi connectivity index (χ2v) is 4.76. The lowest BCUT2D eigenvalue weighted by molar-refractivity contribution is -0.0526. The summed E-state index contributed by atoms with van der Waals surface area (Å²) < 4.78 is 10.9. The Balaban J connectivity index is 2.13. The lowest BCUT2D eigenvalue weighted by atomic mass is 10.0. The Hall–Kier alpha value is -0.320. The van der Waals surface area contributed by atoms with Crippen molar-refractivity contribution in [1.82, 2.24) is 5.32 Å². The lowest BCUT2D eigenvalue weighted by Gasteiger charge is -2.21. The van der Waals surface area contributed by atoms with Gasteiger partial charge in [0.2, 0.25) is 0 Å². The summed E-state index contributed by atoms with van der Waals surface area (Å²) in [5, 5.41) is 4.59. The maximum atomic E-state index is 6.17. The Labute approximate surface area is 111 Å². The second kappa shape index (κ2) is 6.03. The van der Waals surface area contributed by atoms with E-state index in [4.69, 9.17) is 32.7 Å². The van der Waals surface area contributed by atoms with Crippen molar-refractivity contribution < 1.29 is 9.47 Å². The Morgan fingerprint density at radius 2 is 2.06 bits per heavy atom. The molecule has 1 N–H and O–H groups in total. The minimum Gasteiger partial charge on any atom is -0.350 e. The topological polar surface area (TPSA) is 30.5 Å². The molecule has 0 spiro atoms. The van der Waals surface area contributed by atoms with Gasteiger partial charge in [-0.1, -0.05) is 23.2 Å². The van der Waals surface area contributed by atoms with Crippen LogP contribution in [0.15, 0.2) is 18.2 Å². The fourth-order valence-electron chi connectivity index (χ4n) is 1.92. The highest BCUT2D eigenvalue weighted by Gasteiger charge is 2.23. The number of nitrogens with one attached hydrogen (secondary N) is 1. The predicted octanol–water partition coefficient (Wildman–Crippen LogP) is 3.02. The van der Waals surface area contributed by atoms with Gasteiger partial charge in [0, 0.05) is 22.5 Å². The maximum absolute atomic E-state index is 6.17. The standard InChI is InChI=1S/C12H15Cl2NO2/c1-15-11(7-12-16-4-5-17-12)9-6-8(13)2-3-10(9)14/h2-3,6,11-12,15H,4-5,7H2,1H3. The number of hydrogen-bond donors (Lipinski definition) is 1. The van der Waals surface area contributed by atoms with Crippen LogP contribution in [0.1, 0.15) is 18.0 Å². The molecule has 0 radical (unpaired) electrons. The van der Waals surface area contributed by atoms with E-state index >= 15 is 0 Å². The smallest absolute Gasteiger partial charge is 0.159 e. The average Bonchev–Trinajstić information content (AvgIpc) is 2.82. The first kappa shape index (κ1) is 13.1. The fourth-order valence-corrected chi connectivity index (χ4v) is 2.35. The van der Waals surface area contributed by atoms with Gasteiger partial charge < -0.3 is 14.8 Å². The zero-order valence-electron chi connectivity index (χ0n) is 9.58. The molecule has 1 aliphatic rings. The van der Waals surface area contributed by atoms with Gasteiger partial charge in [-0.25, -0.2) is 0 Å². The third-order valence-corrected chi connectivity index (χ3v) is 3.38. The number of ether oxygens (including phenoxy) is 2. The molecule has 1 aromatic rings. The van der Waals surface area contributed by atoms with Gasteiger partial charge in [0.25, 0.3) is 0 Å². The lowest BCUT2D eigenvalue weighted by Crippen LogP contribution is -2.23. The van der Waals surface area contributed by atoms with E-state index in [1.165, 1.54) is 0 Å². The third kappa shape index (κ3) is 3.33. The number of benzene rings is 1. The molecule has 1 atom stereocenters. The molecule has 1 saturated heterocycles. The molecule has 1 heterocycles. The highest BCUT2D eigenvalue weighted by atomic mass is 35.5. The van der Waals surface area contributed by atoms with E-state index in [0.717, 1.165) is 12.0 Å². The van der Waals surface area contributed by atoms with Crippen LogP contribution in [-0.2, 0) is 9.47 Å². The summed E-state index contributed by atoms with van der Waals surface area (Å²) in [7, 11) is 1.89. The van der Waals surface area contributed by atoms with E-state index in [1.807, 2.05) is 13.1 Å². The van der Waals surface area contributed by atoms with Crippen molar-refractivity contribution in [2.24, 2.45) is 0 Å². The zero-order chi connectivity index (χ0) is 12.3. The van der Waals surface area contributed by atoms with Crippen LogP contribution in [0, 0.1) is 0 Å². The summed E-state index contributed by atoms with van der Waals surface area (Å²) in [5.41, 5.74) is 0.973. The molecular weight excluding hydrogens is 261 g/mol. The minimum absolute atomic E-state index is 0.0734. The van der Waals surface area contributed by atoms with Gasteiger partial charge >= 0.3 is 0 Å². The fraction of sp³-hybridized carbons (Fsp3) is 0.500. The monoisotopic (exact) mass is 275 g/mol. The molecule has 1 fully saturated rings. The van der Waals surface area contributed by atoms with Crippen molar-refractivity contribution in [3.8, 4) is 0 Å². The summed E-state index contributed by atoms with van der Waals surface area (Å²) in [6.07, 6.45) is 0.554. The van der Waals surface area contributed by atoms with Gasteiger partial charge in [0.15, 0.2) is 6.29 Å². The van der Waals surface area contributed by atoms with Crippen molar-refractivity contribution in [3.63, 3.8) is 0 Å². The summed E-state index contributed by atoms with van der Waals surface area (Å²) in [4.78, 5) is 0. The number of halogens is 2. The van der Waals surface area contributed by atoms with Crippen LogP contribution < -0.4 is 5.32 Å². The van der Waals surface area contributed by atoms with Gasteiger partial charge in [0.1, 0.15) is 0 Å². The van der Waals surface area contributed by atoms with E-state index in [2.05, 4.69) is 5.32 Å². The normalized spacial score (nSPS) is 18.5. The molecule has 0 amide bonds. The van der Waals surface area contributed by atoms with Crippen molar-refractivity contribution in [3.05, 3.63) is 33.8 Å². The Morgan fingerprint density at radius 1 is 1.35 bits per heavy atom. The summed E-state index contributed by atoms with van der Waals surface area (Å²) in [6.45, 7) is 1.31. The summed E-state index contributed by atoms with van der Waals surface area (Å²) in [6, 6.07) is 5.53. The van der Waals surface area contributed by atoms with Crippen LogP contribution in [0.25, 0.3) is 0 Å². The van der Waals surface area contributed by atoms with E-state index in [9.17, 15) is 0 Å². The SMILES string of the molecule is CNC(CC1OCCO1)c1cc(Cl)ccc1Cl. The van der Waals surface area contributed by atoms with Crippen LogP contribution >= 0.6 is 23.2 Å². The van der Waals surface area contributed by atoms with Crippen molar-refractivity contribution >= 4 is 23.2 Å². The van der Waals surface area contributed by atoms with E-state index in [0.29, 0.717) is 23.3 Å². The molecule has 0 bridgehead atoms. The first-order valence-electron chi connectivity index (χ1n) is 5.56. The Morgan fingerprint density at radius 3 is 2.71 bits per heavy atom. The predicted molar refractivity (Wildman–Crippen MR) is 68.6 cm³/mol. The van der Waals surface area contributed by atoms with Crippen LogP contribution in [0.3, 0.4) is 0 Å². The van der Waals surface area contributed by atoms with Crippen molar-refractivity contribution in [1.29, 1.82) is 0 Å². The molecule has 94 valence electrons. The van der Waals surface area contributed by atoms with Crippen LogP contribution in [0.5, 0.6) is 0 Å². The molecule has 2 rings (SSSR count). The Kier molecular flexibility index (Phi) is 4.65. The number of hydrogen-bond acceptors (Lipinski definition) is 3. The zero-order valence-corrected chi connectivity index (χ0v) is 11.1. The minimum atomic E-state index is -0.164. The summed E-state index contributed by atoms with van der Waals surface area (Å²) in [5.74, 6) is 0. The van der Waals surface area contributed by atoms with Crippen LogP contribution in [-0.4, -0.2) is 26.6 Å². The largest absolute Gasteiger partial charge is 0.350 e. The van der Waals surface area contributed by atoms with Gasteiger partial charge in [0.05, 0.1) is 13.2 Å². The quantitative estimate of drug-likeness (QED) is 0.917. The van der Waals surface area contributed by atoms with Crippen molar-refractivity contribution in [2.45, 2.75) is 18.8 Å². The molecule has 1 aromatic carbocycles. The van der Waals surface area contributed by atoms with E-state index in [1.54, 1.807) is 12.1 Å². The molecule has 5 heteroatoms. The highest BCUT2D eigenvalue weighted by molar-refractivity contribution is 6.33. The van der Waals surface area contributed by atoms with Crippen molar-refractivity contribution in [2.75, 3.05) is 20.3 Å². The molecule has 0 aliphatic carbocycles. The van der Waals surface area contributed by atoms with Gasteiger partial charge in [-0.15, -0.1) is 0 Å². The van der Waals surface area contributed by atoms with Gasteiger partial charge in [-0.05, 0) is 30.8 Å². The molecule has 1 unspecified atom stereocenters. The summed E-state index contributed by atoms with van der Waals surface area (Å²) >= 11 is 12.2. The van der Waals surface area contributed by atoms with Crippen LogP contribution in [0.2, 0.25) is 10.0 Å². The molecule has 17 heavy (non-hydrogen) atoms. The Bertz CT molecular complexity index is 381. The number of rotatable bonds is 4. The third-order valence-electron chi connectivity index (χ3n) is 2.80. The molecule has 3 nitrogen and oxygen atoms in total. The second-order valence-electron chi connectivity index (χ2n) is 3.91. The van der Waals surface area contributed by atoms with Gasteiger partial charge in [-0.3, -0.25) is 0 Å². The van der Waals surface area contributed by atoms with Crippen LogP contribution in [0.4, 0.5) is 0 Å². The average molecular weight is 276 g/mol. The maximum Gasteiger partial charge on any atom is 0.159 e.